The summed E-state index contributed by atoms with van der Waals surface area (Å²) in [5.74, 6) is 0. The minimum absolute atomic E-state index is 0.0666. The second-order valence-electron chi connectivity index (χ2n) is 6.18. The quantitative estimate of drug-likeness (QED) is 0.713. The van der Waals surface area contributed by atoms with Crippen LogP contribution in [0.2, 0.25) is 5.02 Å². The molecule has 25 heavy (non-hydrogen) atoms. The van der Waals surface area contributed by atoms with E-state index in [0.717, 1.165) is 27.7 Å². The molecule has 1 atom stereocenters. The summed E-state index contributed by atoms with van der Waals surface area (Å²) in [5.41, 5.74) is 11.7. The van der Waals surface area contributed by atoms with Crippen molar-refractivity contribution in [2.75, 3.05) is 19.8 Å². The molecule has 2 N–H and O–H groups in total. The lowest BCUT2D eigenvalue weighted by atomic mass is 9.93. The maximum absolute atomic E-state index is 6.08. The molecule has 0 saturated carbocycles. The zero-order valence-electron chi connectivity index (χ0n) is 14.0. The Morgan fingerprint density at radius 2 is 1.76 bits per heavy atom. The van der Waals surface area contributed by atoms with E-state index in [1.54, 1.807) is 12.4 Å². The standard InChI is InChI=1S/C19H18ClN5/c1-24-11-14(12-3-5-15(20)16(21)9-12)19(25(24)2)13-4-6-17-18(10-13)23-8-7-22-17/h3-11,19H,21H2,1-2H3. The summed E-state index contributed by atoms with van der Waals surface area (Å²) < 4.78 is 0. The van der Waals surface area contributed by atoms with Gasteiger partial charge in [0.1, 0.15) is 0 Å². The molecule has 126 valence electrons. The number of halogens is 1. The number of rotatable bonds is 2. The van der Waals surface area contributed by atoms with Gasteiger partial charge in [0.25, 0.3) is 0 Å². The largest absolute Gasteiger partial charge is 0.398 e. The highest BCUT2D eigenvalue weighted by molar-refractivity contribution is 6.33. The molecule has 5 nitrogen and oxygen atoms in total. The number of aromatic nitrogens is 2. The molecule has 2 aromatic carbocycles. The third-order valence-electron chi connectivity index (χ3n) is 4.63. The van der Waals surface area contributed by atoms with Crippen molar-refractivity contribution < 1.29 is 0 Å². The fraction of sp³-hybridized carbons (Fsp3) is 0.158. The molecular weight excluding hydrogens is 334 g/mol. The second kappa shape index (κ2) is 6.02. The van der Waals surface area contributed by atoms with E-state index in [1.807, 2.05) is 31.3 Å². The van der Waals surface area contributed by atoms with Gasteiger partial charge in [-0.05, 0) is 35.4 Å². The smallest absolute Gasteiger partial charge is 0.0890 e. The Balaban J connectivity index is 1.82. The first-order valence-electron chi connectivity index (χ1n) is 7.98. The average Bonchev–Trinajstić information content (AvgIpc) is 2.92. The molecule has 1 aromatic heterocycles. The van der Waals surface area contributed by atoms with Crippen molar-refractivity contribution in [3.63, 3.8) is 0 Å². The van der Waals surface area contributed by atoms with Gasteiger partial charge < -0.3 is 10.7 Å². The first-order valence-corrected chi connectivity index (χ1v) is 8.36. The number of likely N-dealkylation sites (N-methyl/N-ethyl adjacent to an activating group) is 1. The van der Waals surface area contributed by atoms with E-state index in [4.69, 9.17) is 17.3 Å². The van der Waals surface area contributed by atoms with Gasteiger partial charge in [-0.2, -0.15) is 0 Å². The van der Waals surface area contributed by atoms with Crippen LogP contribution in [-0.2, 0) is 0 Å². The van der Waals surface area contributed by atoms with Gasteiger partial charge in [0.15, 0.2) is 0 Å². The molecule has 0 amide bonds. The first-order chi connectivity index (χ1) is 12.0. The monoisotopic (exact) mass is 351 g/mol. The number of nitrogens with zero attached hydrogens (tertiary/aromatic N) is 4. The molecule has 0 saturated heterocycles. The predicted octanol–water partition coefficient (Wildman–Crippen LogP) is 3.74. The molecule has 0 fully saturated rings. The van der Waals surface area contributed by atoms with E-state index < -0.39 is 0 Å². The molecular formula is C19H18ClN5. The molecule has 1 aliphatic heterocycles. The molecule has 4 rings (SSSR count). The number of fused-ring (bicyclic) bond motifs is 1. The van der Waals surface area contributed by atoms with Gasteiger partial charge in [-0.1, -0.05) is 23.7 Å². The van der Waals surface area contributed by atoms with Gasteiger partial charge in [0.2, 0.25) is 0 Å². The Bertz CT molecular complexity index is 984. The Hall–Kier alpha value is -2.63. The van der Waals surface area contributed by atoms with Gasteiger partial charge in [-0.3, -0.25) is 9.97 Å². The van der Waals surface area contributed by atoms with Crippen LogP contribution in [-0.4, -0.2) is 34.1 Å². The highest BCUT2D eigenvalue weighted by Crippen LogP contribution is 2.41. The zero-order chi connectivity index (χ0) is 17.6. The number of nitrogens with two attached hydrogens (primary N) is 1. The van der Waals surface area contributed by atoms with Crippen LogP contribution in [0.3, 0.4) is 0 Å². The summed E-state index contributed by atoms with van der Waals surface area (Å²) in [6, 6.07) is 12.0. The molecule has 1 unspecified atom stereocenters. The number of benzene rings is 2. The lowest BCUT2D eigenvalue weighted by Crippen LogP contribution is -2.30. The average molecular weight is 352 g/mol. The highest BCUT2D eigenvalue weighted by atomic mass is 35.5. The van der Waals surface area contributed by atoms with E-state index in [1.165, 1.54) is 0 Å². The van der Waals surface area contributed by atoms with Gasteiger partial charge in [-0.15, -0.1) is 0 Å². The topological polar surface area (TPSA) is 58.3 Å². The minimum atomic E-state index is 0.0666. The van der Waals surface area contributed by atoms with Gasteiger partial charge in [-0.25, -0.2) is 5.01 Å². The number of hydrogen-bond donors (Lipinski definition) is 1. The Kier molecular flexibility index (Phi) is 3.82. The number of hydrogen-bond acceptors (Lipinski definition) is 5. The van der Waals surface area contributed by atoms with Crippen molar-refractivity contribution in [1.82, 2.24) is 20.0 Å². The Labute approximate surface area is 151 Å². The molecule has 2 heterocycles. The SMILES string of the molecule is CN1C=C(c2ccc(Cl)c(N)c2)C(c2ccc3nccnc3c2)N1C. The minimum Gasteiger partial charge on any atom is -0.398 e. The fourth-order valence-corrected chi connectivity index (χ4v) is 3.37. The normalized spacial score (nSPS) is 18.0. The summed E-state index contributed by atoms with van der Waals surface area (Å²) in [7, 11) is 4.09. The predicted molar refractivity (Wildman–Crippen MR) is 102 cm³/mol. The van der Waals surface area contributed by atoms with Crippen LogP contribution in [0.4, 0.5) is 5.69 Å². The van der Waals surface area contributed by atoms with Crippen LogP contribution in [0.5, 0.6) is 0 Å². The van der Waals surface area contributed by atoms with Crippen LogP contribution in [0.25, 0.3) is 16.6 Å². The van der Waals surface area contributed by atoms with E-state index >= 15 is 0 Å². The Morgan fingerprint density at radius 1 is 1.00 bits per heavy atom. The highest BCUT2D eigenvalue weighted by Gasteiger charge is 2.31. The van der Waals surface area contributed by atoms with E-state index in [9.17, 15) is 0 Å². The molecule has 0 spiro atoms. The molecule has 0 aliphatic carbocycles. The van der Waals surface area contributed by atoms with Gasteiger partial charge in [0.05, 0.1) is 27.8 Å². The van der Waals surface area contributed by atoms with Gasteiger partial charge >= 0.3 is 0 Å². The van der Waals surface area contributed by atoms with Crippen molar-refractivity contribution in [1.29, 1.82) is 0 Å². The maximum atomic E-state index is 6.08. The van der Waals surface area contributed by atoms with E-state index in [-0.39, 0.29) is 6.04 Å². The maximum Gasteiger partial charge on any atom is 0.0890 e. The third kappa shape index (κ3) is 2.71. The summed E-state index contributed by atoms with van der Waals surface area (Å²) in [5, 5.41) is 4.82. The van der Waals surface area contributed by atoms with Crippen molar-refractivity contribution in [2.24, 2.45) is 0 Å². The third-order valence-corrected chi connectivity index (χ3v) is 4.97. The summed E-state index contributed by atoms with van der Waals surface area (Å²) in [6.07, 6.45) is 5.54. The van der Waals surface area contributed by atoms with E-state index in [2.05, 4.69) is 45.4 Å². The fourth-order valence-electron chi connectivity index (χ4n) is 3.25. The molecule has 0 radical (unpaired) electrons. The number of nitrogen functional groups attached to an aromatic ring is 1. The zero-order valence-corrected chi connectivity index (χ0v) is 14.8. The molecule has 6 heteroatoms. The molecule has 1 aliphatic rings. The van der Waals surface area contributed by atoms with Crippen LogP contribution in [0.1, 0.15) is 17.2 Å². The van der Waals surface area contributed by atoms with Crippen LogP contribution < -0.4 is 5.73 Å². The summed E-state index contributed by atoms with van der Waals surface area (Å²) >= 11 is 6.08. The lowest BCUT2D eigenvalue weighted by Gasteiger charge is -2.28. The lowest BCUT2D eigenvalue weighted by molar-refractivity contribution is 0.0753. The molecule has 0 bridgehead atoms. The van der Waals surface area contributed by atoms with Crippen molar-refractivity contribution in [3.05, 3.63) is 71.1 Å². The van der Waals surface area contributed by atoms with E-state index in [0.29, 0.717) is 10.7 Å². The van der Waals surface area contributed by atoms with Crippen LogP contribution >= 0.6 is 11.6 Å². The van der Waals surface area contributed by atoms with Gasteiger partial charge in [0, 0.05) is 38.3 Å². The first kappa shape index (κ1) is 15.9. The van der Waals surface area contributed by atoms with Crippen molar-refractivity contribution in [3.8, 4) is 0 Å². The Morgan fingerprint density at radius 3 is 2.52 bits per heavy atom. The van der Waals surface area contributed by atoms with Crippen LogP contribution in [0.15, 0.2) is 55.0 Å². The number of hydrazine groups is 1. The van der Waals surface area contributed by atoms with Crippen LogP contribution in [0, 0.1) is 0 Å². The number of anilines is 1. The molecule has 3 aromatic rings. The summed E-state index contributed by atoms with van der Waals surface area (Å²) in [6.45, 7) is 0. The second-order valence-corrected chi connectivity index (χ2v) is 6.58. The van der Waals surface area contributed by atoms with Crippen molar-refractivity contribution >= 4 is 33.9 Å². The summed E-state index contributed by atoms with van der Waals surface area (Å²) in [4.78, 5) is 8.78. The van der Waals surface area contributed by atoms with Crippen molar-refractivity contribution in [2.45, 2.75) is 6.04 Å².